The smallest absolute Gasteiger partial charge is 0.236 e. The number of rotatable bonds is 4. The second kappa shape index (κ2) is 6.62. The van der Waals surface area contributed by atoms with E-state index in [4.69, 9.17) is 5.73 Å². The van der Waals surface area contributed by atoms with Crippen molar-refractivity contribution in [1.29, 1.82) is 0 Å². The van der Waals surface area contributed by atoms with Crippen LogP contribution < -0.4 is 5.73 Å². The van der Waals surface area contributed by atoms with Crippen molar-refractivity contribution >= 4 is 22.0 Å². The van der Waals surface area contributed by atoms with E-state index in [-0.39, 0.29) is 12.6 Å². The Bertz CT molecular complexity index is 665. The highest BCUT2D eigenvalue weighted by atomic mass is 32.2. The number of primary amides is 1. The summed E-state index contributed by atoms with van der Waals surface area (Å²) in [5.74, 6) is -0.839. The maximum absolute atomic E-state index is 12.5. The fourth-order valence-electron chi connectivity index (χ4n) is 2.58. The molecule has 120 valence electrons. The van der Waals surface area contributed by atoms with Crippen molar-refractivity contribution in [3.63, 3.8) is 0 Å². The molecule has 2 atom stereocenters. The van der Waals surface area contributed by atoms with Crippen LogP contribution in [0.4, 0.5) is 0 Å². The zero-order valence-corrected chi connectivity index (χ0v) is 13.7. The maximum atomic E-state index is 12.5. The Labute approximate surface area is 131 Å². The molecule has 1 aromatic rings. The van der Waals surface area contributed by atoms with Crippen molar-refractivity contribution in [3.05, 3.63) is 40.8 Å². The molecule has 0 aliphatic carbocycles. The first-order valence-electron chi connectivity index (χ1n) is 7.35. The molecular formula is C16H22N2O3S. The predicted octanol–water partition coefficient (Wildman–Crippen LogP) is 1.88. The molecule has 5 nitrogen and oxygen atoms in total. The van der Waals surface area contributed by atoms with E-state index in [0.717, 1.165) is 11.1 Å². The second-order valence-corrected chi connectivity index (χ2v) is 7.62. The van der Waals surface area contributed by atoms with E-state index >= 15 is 0 Å². The maximum Gasteiger partial charge on any atom is 0.236 e. The molecule has 0 spiro atoms. The number of nitrogens with two attached hydrogens (primary N) is 1. The topological polar surface area (TPSA) is 80.5 Å². The SMILES string of the molecule is Cc1ccc(/C=C\S(=O)(=O)N2C[C@H](C(N)=O)CC[C@@H]2C)cc1. The van der Waals surface area contributed by atoms with Crippen LogP contribution in [-0.2, 0) is 14.8 Å². The number of piperidine rings is 1. The molecule has 2 rings (SSSR count). The van der Waals surface area contributed by atoms with Crippen LogP contribution in [0.15, 0.2) is 29.7 Å². The van der Waals surface area contributed by atoms with E-state index in [1.165, 1.54) is 9.71 Å². The normalized spacial score (nSPS) is 23.7. The average molecular weight is 322 g/mol. The highest BCUT2D eigenvalue weighted by Crippen LogP contribution is 2.25. The number of amides is 1. The van der Waals surface area contributed by atoms with Crippen LogP contribution in [0.1, 0.15) is 30.9 Å². The van der Waals surface area contributed by atoms with Crippen molar-refractivity contribution in [2.45, 2.75) is 32.7 Å². The summed E-state index contributed by atoms with van der Waals surface area (Å²) in [5, 5.41) is 1.21. The Morgan fingerprint density at radius 3 is 2.50 bits per heavy atom. The van der Waals surface area contributed by atoms with Gasteiger partial charge >= 0.3 is 0 Å². The molecule has 1 fully saturated rings. The fraction of sp³-hybridized carbons (Fsp3) is 0.438. The van der Waals surface area contributed by atoms with Gasteiger partial charge in [-0.25, -0.2) is 8.42 Å². The molecule has 6 heteroatoms. The van der Waals surface area contributed by atoms with Crippen molar-refractivity contribution in [3.8, 4) is 0 Å². The Morgan fingerprint density at radius 2 is 1.91 bits per heavy atom. The van der Waals surface area contributed by atoms with Gasteiger partial charge in [-0.15, -0.1) is 0 Å². The number of carbonyl (C=O) groups excluding carboxylic acids is 1. The standard InChI is InChI=1S/C16H22N2O3S/c1-12-3-6-14(7-4-12)9-10-22(20,21)18-11-15(16(17)19)8-5-13(18)2/h3-4,6-7,9-10,13,15H,5,8,11H2,1-2H3,(H2,17,19)/b10-9-/t13-,15+/m0/s1. The first kappa shape index (κ1) is 16.7. The highest BCUT2D eigenvalue weighted by Gasteiger charge is 2.34. The van der Waals surface area contributed by atoms with Gasteiger partial charge in [0, 0.05) is 18.0 Å². The summed E-state index contributed by atoms with van der Waals surface area (Å²) in [6.45, 7) is 4.00. The summed E-state index contributed by atoms with van der Waals surface area (Å²) in [6.07, 6.45) is 2.87. The molecule has 1 heterocycles. The Kier molecular flexibility index (Phi) is 5.03. The summed E-state index contributed by atoms with van der Waals surface area (Å²) in [6, 6.07) is 7.47. The third kappa shape index (κ3) is 3.96. The minimum absolute atomic E-state index is 0.122. The summed E-state index contributed by atoms with van der Waals surface area (Å²) < 4.78 is 26.4. The number of aryl methyl sites for hydroxylation is 1. The monoisotopic (exact) mass is 322 g/mol. The third-order valence-electron chi connectivity index (χ3n) is 4.06. The molecule has 0 saturated carbocycles. The lowest BCUT2D eigenvalue weighted by Gasteiger charge is -2.34. The summed E-state index contributed by atoms with van der Waals surface area (Å²) in [7, 11) is -3.56. The molecule has 22 heavy (non-hydrogen) atoms. The van der Waals surface area contributed by atoms with Crippen LogP contribution in [0.2, 0.25) is 0 Å². The molecule has 2 N–H and O–H groups in total. The van der Waals surface area contributed by atoms with Crippen molar-refractivity contribution < 1.29 is 13.2 Å². The molecule has 0 aromatic heterocycles. The van der Waals surface area contributed by atoms with Crippen LogP contribution in [0, 0.1) is 12.8 Å². The lowest BCUT2D eigenvalue weighted by molar-refractivity contribution is -0.123. The first-order valence-corrected chi connectivity index (χ1v) is 8.86. The van der Waals surface area contributed by atoms with Crippen LogP contribution in [0.3, 0.4) is 0 Å². The number of benzene rings is 1. The van der Waals surface area contributed by atoms with Crippen molar-refractivity contribution in [2.75, 3.05) is 6.54 Å². The lowest BCUT2D eigenvalue weighted by Crippen LogP contribution is -2.47. The minimum Gasteiger partial charge on any atom is -0.369 e. The van der Waals surface area contributed by atoms with Gasteiger partial charge in [-0.1, -0.05) is 29.8 Å². The van der Waals surface area contributed by atoms with Gasteiger partial charge in [0.2, 0.25) is 15.9 Å². The zero-order valence-electron chi connectivity index (χ0n) is 12.9. The van der Waals surface area contributed by atoms with E-state index in [1.54, 1.807) is 6.08 Å². The fourth-order valence-corrected chi connectivity index (χ4v) is 4.06. The van der Waals surface area contributed by atoms with Gasteiger partial charge < -0.3 is 5.73 Å². The van der Waals surface area contributed by atoms with Crippen LogP contribution in [0.25, 0.3) is 6.08 Å². The molecule has 1 aromatic carbocycles. The van der Waals surface area contributed by atoms with Crippen LogP contribution >= 0.6 is 0 Å². The first-order chi connectivity index (χ1) is 10.3. The molecule has 1 saturated heterocycles. The Morgan fingerprint density at radius 1 is 1.27 bits per heavy atom. The summed E-state index contributed by atoms with van der Waals surface area (Å²) in [4.78, 5) is 11.3. The lowest BCUT2D eigenvalue weighted by atomic mass is 9.95. The largest absolute Gasteiger partial charge is 0.369 e. The molecule has 1 aliphatic rings. The number of sulfonamides is 1. The number of hydrogen-bond acceptors (Lipinski definition) is 3. The van der Waals surface area contributed by atoms with Gasteiger partial charge in [-0.2, -0.15) is 4.31 Å². The number of nitrogens with zero attached hydrogens (tertiary/aromatic N) is 1. The van der Waals surface area contributed by atoms with Gasteiger partial charge in [0.1, 0.15) is 0 Å². The van der Waals surface area contributed by atoms with Crippen LogP contribution in [-0.4, -0.2) is 31.2 Å². The van der Waals surface area contributed by atoms with E-state index < -0.39 is 21.8 Å². The van der Waals surface area contributed by atoms with E-state index in [0.29, 0.717) is 12.8 Å². The molecule has 0 radical (unpaired) electrons. The summed E-state index contributed by atoms with van der Waals surface area (Å²) >= 11 is 0. The van der Waals surface area contributed by atoms with Gasteiger partial charge in [0.15, 0.2) is 0 Å². The van der Waals surface area contributed by atoms with E-state index in [2.05, 4.69) is 0 Å². The zero-order chi connectivity index (χ0) is 16.3. The quantitative estimate of drug-likeness (QED) is 0.919. The minimum atomic E-state index is -3.56. The van der Waals surface area contributed by atoms with Gasteiger partial charge in [0.05, 0.1) is 5.92 Å². The Balaban J connectivity index is 2.17. The predicted molar refractivity (Wildman–Crippen MR) is 87.2 cm³/mol. The third-order valence-corrected chi connectivity index (χ3v) is 5.71. The van der Waals surface area contributed by atoms with Gasteiger partial charge in [-0.3, -0.25) is 4.79 Å². The molecule has 0 unspecified atom stereocenters. The average Bonchev–Trinajstić information content (AvgIpc) is 2.46. The van der Waals surface area contributed by atoms with Gasteiger partial charge in [-0.05, 0) is 38.3 Å². The second-order valence-electron chi connectivity index (χ2n) is 5.85. The van der Waals surface area contributed by atoms with E-state index in [9.17, 15) is 13.2 Å². The molecule has 1 amide bonds. The molecule has 0 bridgehead atoms. The molecule has 1 aliphatic heterocycles. The van der Waals surface area contributed by atoms with Crippen LogP contribution in [0.5, 0.6) is 0 Å². The summed E-state index contributed by atoms with van der Waals surface area (Å²) in [5.41, 5.74) is 7.26. The number of carbonyl (C=O) groups is 1. The van der Waals surface area contributed by atoms with Gasteiger partial charge in [0.25, 0.3) is 0 Å². The van der Waals surface area contributed by atoms with Crippen molar-refractivity contribution in [2.24, 2.45) is 11.7 Å². The Hall–Kier alpha value is -1.66. The molecular weight excluding hydrogens is 300 g/mol. The van der Waals surface area contributed by atoms with E-state index in [1.807, 2.05) is 38.1 Å². The highest BCUT2D eigenvalue weighted by molar-refractivity contribution is 7.92. The van der Waals surface area contributed by atoms with Crippen molar-refractivity contribution in [1.82, 2.24) is 4.31 Å². The number of hydrogen-bond donors (Lipinski definition) is 1.